The summed E-state index contributed by atoms with van der Waals surface area (Å²) in [5.41, 5.74) is 1.17. The zero-order valence-electron chi connectivity index (χ0n) is 24.6. The Morgan fingerprint density at radius 2 is 1.73 bits per heavy atom. The first-order chi connectivity index (χ1) is 21.7. The molecule has 2 saturated heterocycles. The minimum Gasteiger partial charge on any atom is -0.504 e. The number of phenolic OH excluding ortho intramolecular Hbond substituents is 1. The summed E-state index contributed by atoms with van der Waals surface area (Å²) in [4.78, 5) is 70.0. The van der Waals surface area contributed by atoms with Gasteiger partial charge in [0.2, 0.25) is 17.7 Å². The number of nitrogens with zero attached hydrogens (tertiary/aromatic N) is 3. The highest BCUT2D eigenvalue weighted by Gasteiger charge is 2.57. The molecule has 14 heteroatoms. The summed E-state index contributed by atoms with van der Waals surface area (Å²) in [5.74, 6) is -3.17. The maximum atomic E-state index is 14.2. The van der Waals surface area contributed by atoms with E-state index in [2.05, 4.69) is 0 Å². The number of imide groups is 1. The average molecular weight is 654 g/mol. The fourth-order valence-electron chi connectivity index (χ4n) is 5.87. The van der Waals surface area contributed by atoms with E-state index in [9.17, 15) is 29.1 Å². The van der Waals surface area contributed by atoms with Gasteiger partial charge in [-0.1, -0.05) is 29.2 Å². The summed E-state index contributed by atoms with van der Waals surface area (Å²) in [7, 11) is 0. The maximum Gasteiger partial charge on any atom is 0.338 e. The molecule has 236 valence electrons. The molecule has 2 aromatic carbocycles. The molecule has 3 unspecified atom stereocenters. The van der Waals surface area contributed by atoms with Crippen LogP contribution in [0.4, 0.5) is 5.69 Å². The van der Waals surface area contributed by atoms with E-state index < -0.39 is 34.9 Å². The van der Waals surface area contributed by atoms with E-state index in [1.54, 1.807) is 30.9 Å². The van der Waals surface area contributed by atoms with Crippen molar-refractivity contribution in [3.63, 3.8) is 0 Å². The number of phenols is 1. The lowest BCUT2D eigenvalue weighted by atomic mass is 9.83. The molecule has 0 saturated carbocycles. The van der Waals surface area contributed by atoms with Gasteiger partial charge in [0.25, 0.3) is 0 Å². The van der Waals surface area contributed by atoms with Crippen LogP contribution in [-0.2, 0) is 30.4 Å². The van der Waals surface area contributed by atoms with Gasteiger partial charge in [0.1, 0.15) is 11.8 Å². The highest BCUT2D eigenvalue weighted by atomic mass is 32.2. The van der Waals surface area contributed by atoms with Gasteiger partial charge in [-0.3, -0.25) is 23.7 Å². The fraction of sp³-hybridized carbons (Fsp3) is 0.387. The van der Waals surface area contributed by atoms with Gasteiger partial charge in [0.05, 0.1) is 48.6 Å². The second kappa shape index (κ2) is 12.7. The summed E-state index contributed by atoms with van der Waals surface area (Å²) in [5, 5.41) is 9.97. The van der Waals surface area contributed by atoms with Crippen LogP contribution in [0.5, 0.6) is 11.5 Å². The first-order valence-corrected chi connectivity index (χ1v) is 16.3. The molecule has 0 spiro atoms. The highest BCUT2D eigenvalue weighted by molar-refractivity contribution is 8.00. The van der Waals surface area contributed by atoms with Crippen molar-refractivity contribution in [3.8, 4) is 11.5 Å². The fourth-order valence-corrected chi connectivity index (χ4v) is 8.65. The molecule has 3 atom stereocenters. The Morgan fingerprint density at radius 3 is 2.42 bits per heavy atom. The van der Waals surface area contributed by atoms with Crippen molar-refractivity contribution in [1.29, 1.82) is 0 Å². The van der Waals surface area contributed by atoms with Crippen molar-refractivity contribution in [1.82, 2.24) is 9.47 Å². The number of rotatable bonds is 8. The number of ether oxygens (including phenoxy) is 3. The molecule has 0 bridgehead atoms. The van der Waals surface area contributed by atoms with Crippen LogP contribution < -0.4 is 14.5 Å². The van der Waals surface area contributed by atoms with Gasteiger partial charge in [0.15, 0.2) is 11.5 Å². The van der Waals surface area contributed by atoms with E-state index >= 15 is 0 Å². The van der Waals surface area contributed by atoms with Gasteiger partial charge >= 0.3 is 10.8 Å². The molecular weight excluding hydrogens is 622 g/mol. The number of carbonyl (C=O) groups excluding carboxylic acids is 4. The predicted molar refractivity (Wildman–Crippen MR) is 165 cm³/mol. The third-order valence-electron chi connectivity index (χ3n) is 7.99. The van der Waals surface area contributed by atoms with Crippen LogP contribution in [0, 0.1) is 5.92 Å². The number of carbonyl (C=O) groups is 4. The van der Waals surface area contributed by atoms with Crippen molar-refractivity contribution >= 4 is 52.5 Å². The standard InChI is InChI=1S/C31H31N3O9S2/c1-3-42-21-15-18(7-10-20(21)35)23-24-25(28(38)34(27(24)37)19-8-5-17(6-9-19)30(39)43-4-2)44-29-26(23)45-31(40)33(29)16-22(36)32-11-13-41-14-12-32/h5-10,15,23-25,35H,3-4,11-14,16H2,1-2H3. The van der Waals surface area contributed by atoms with Gasteiger partial charge in [0, 0.05) is 23.9 Å². The van der Waals surface area contributed by atoms with E-state index in [4.69, 9.17) is 14.2 Å². The van der Waals surface area contributed by atoms with E-state index in [1.165, 1.54) is 34.9 Å². The average Bonchev–Trinajstić information content (AvgIpc) is 3.49. The van der Waals surface area contributed by atoms with Crippen molar-refractivity contribution in [3.05, 3.63) is 68.1 Å². The molecule has 3 aromatic rings. The molecule has 4 heterocycles. The third-order valence-corrected chi connectivity index (χ3v) is 10.6. The lowest BCUT2D eigenvalue weighted by Crippen LogP contribution is -2.43. The molecule has 0 aliphatic carbocycles. The summed E-state index contributed by atoms with van der Waals surface area (Å²) < 4.78 is 17.4. The number of fused-ring (bicyclic) bond motifs is 2. The van der Waals surface area contributed by atoms with Crippen LogP contribution in [0.15, 0.2) is 52.3 Å². The molecule has 3 aliphatic rings. The second-order valence-electron chi connectivity index (χ2n) is 10.6. The Labute approximate surface area is 266 Å². The Hall–Kier alpha value is -4.14. The maximum absolute atomic E-state index is 14.2. The summed E-state index contributed by atoms with van der Waals surface area (Å²) in [6.07, 6.45) is 0. The number of thioether (sulfide) groups is 1. The zero-order chi connectivity index (χ0) is 31.8. The summed E-state index contributed by atoms with van der Waals surface area (Å²) >= 11 is 2.06. The Kier molecular flexibility index (Phi) is 8.71. The number of aromatic hydroxyl groups is 1. The molecule has 6 rings (SSSR count). The first kappa shape index (κ1) is 30.9. The summed E-state index contributed by atoms with van der Waals surface area (Å²) in [6, 6.07) is 10.8. The number of esters is 1. The Bertz CT molecular complexity index is 1710. The molecule has 45 heavy (non-hydrogen) atoms. The van der Waals surface area contributed by atoms with Crippen molar-refractivity contribution < 1.29 is 38.5 Å². The van der Waals surface area contributed by atoms with Crippen LogP contribution in [0.25, 0.3) is 0 Å². The topological polar surface area (TPSA) is 145 Å². The van der Waals surface area contributed by atoms with Crippen LogP contribution >= 0.6 is 23.1 Å². The van der Waals surface area contributed by atoms with Gasteiger partial charge < -0.3 is 24.2 Å². The van der Waals surface area contributed by atoms with Gasteiger partial charge in [-0.25, -0.2) is 9.69 Å². The number of hydrogen-bond donors (Lipinski definition) is 1. The molecule has 1 N–H and O–H groups in total. The van der Waals surface area contributed by atoms with Crippen molar-refractivity contribution in [2.75, 3.05) is 44.4 Å². The van der Waals surface area contributed by atoms with Crippen LogP contribution in [0.1, 0.15) is 40.6 Å². The number of amides is 3. The molecular formula is C31H31N3O9S2. The van der Waals surface area contributed by atoms with E-state index in [1.807, 2.05) is 0 Å². The normalized spacial score (nSPS) is 21.0. The predicted octanol–water partition coefficient (Wildman–Crippen LogP) is 2.85. The quantitative estimate of drug-likeness (QED) is 0.285. The van der Waals surface area contributed by atoms with E-state index in [-0.39, 0.29) is 47.6 Å². The monoisotopic (exact) mass is 653 g/mol. The zero-order valence-corrected chi connectivity index (χ0v) is 26.2. The SMILES string of the molecule is CCOC(=O)c1ccc(N2C(=O)C3Sc4c(sc(=O)n4CC(=O)N4CCOCC4)C(c4ccc(O)c(OCC)c4)C3C2=O)cc1. The number of hydrogen-bond acceptors (Lipinski definition) is 11. The lowest BCUT2D eigenvalue weighted by molar-refractivity contribution is -0.136. The van der Waals surface area contributed by atoms with E-state index in [0.717, 1.165) is 28.0 Å². The van der Waals surface area contributed by atoms with Crippen molar-refractivity contribution in [2.24, 2.45) is 5.92 Å². The molecule has 0 radical (unpaired) electrons. The molecule has 3 amide bonds. The number of thiazole rings is 1. The van der Waals surface area contributed by atoms with Gasteiger partial charge in [-0.05, 0) is 55.8 Å². The minimum absolute atomic E-state index is 0.0819. The molecule has 2 fully saturated rings. The Balaban J connectivity index is 1.42. The number of anilines is 1. The molecule has 3 aliphatic heterocycles. The molecule has 12 nitrogen and oxygen atoms in total. The smallest absolute Gasteiger partial charge is 0.338 e. The largest absolute Gasteiger partial charge is 0.504 e. The van der Waals surface area contributed by atoms with Gasteiger partial charge in [-0.2, -0.15) is 0 Å². The third kappa shape index (κ3) is 5.62. The van der Waals surface area contributed by atoms with Crippen LogP contribution in [0.3, 0.4) is 0 Å². The lowest BCUT2D eigenvalue weighted by Gasteiger charge is -2.31. The van der Waals surface area contributed by atoms with Gasteiger partial charge in [-0.15, -0.1) is 0 Å². The van der Waals surface area contributed by atoms with Crippen molar-refractivity contribution in [2.45, 2.75) is 36.6 Å². The first-order valence-electron chi connectivity index (χ1n) is 14.6. The number of benzene rings is 2. The molecule has 1 aromatic heterocycles. The highest BCUT2D eigenvalue weighted by Crippen LogP contribution is 2.54. The Morgan fingerprint density at radius 1 is 1.00 bits per heavy atom. The van der Waals surface area contributed by atoms with Crippen LogP contribution in [-0.4, -0.2) is 83.0 Å². The number of morpholine rings is 1. The number of aromatic nitrogens is 1. The second-order valence-corrected chi connectivity index (χ2v) is 12.7. The van der Waals surface area contributed by atoms with Crippen LogP contribution in [0.2, 0.25) is 0 Å². The summed E-state index contributed by atoms with van der Waals surface area (Å²) in [6.45, 7) is 5.44. The minimum atomic E-state index is -0.900. The van der Waals surface area contributed by atoms with E-state index in [0.29, 0.717) is 47.5 Å².